The molecule has 11 heteroatoms. The van der Waals surface area contributed by atoms with Crippen LogP contribution in [0.5, 0.6) is 0 Å². The predicted molar refractivity (Wildman–Crippen MR) is 68.5 cm³/mol. The second kappa shape index (κ2) is 5.84. The Morgan fingerprint density at radius 2 is 2.00 bits per heavy atom. The van der Waals surface area contributed by atoms with Crippen LogP contribution < -0.4 is 11.2 Å². The molecule has 0 aromatic carbocycles. The molecule has 1 heterocycles. The number of nitrogens with one attached hydrogen (secondary N) is 1. The fraction of sp³-hybridized carbons (Fsp3) is 0.600. The van der Waals surface area contributed by atoms with E-state index in [0.29, 0.717) is 0 Å². The van der Waals surface area contributed by atoms with Gasteiger partial charge in [0.2, 0.25) is 0 Å². The van der Waals surface area contributed by atoms with E-state index in [9.17, 15) is 24.4 Å². The highest BCUT2D eigenvalue weighted by atomic mass is 31.2. The minimum absolute atomic E-state index is 0.0638. The van der Waals surface area contributed by atoms with Crippen LogP contribution in [0.25, 0.3) is 0 Å². The summed E-state index contributed by atoms with van der Waals surface area (Å²) < 4.78 is 16.0. The highest BCUT2D eigenvalue weighted by Crippen LogP contribution is 2.40. The summed E-state index contributed by atoms with van der Waals surface area (Å²) in [6.45, 7) is -0.461. The van der Waals surface area contributed by atoms with E-state index in [1.165, 1.54) is 6.20 Å². The number of nitrogens with zero attached hydrogens (tertiary/aromatic N) is 1. The van der Waals surface area contributed by atoms with Crippen molar-refractivity contribution >= 4 is 7.82 Å². The number of phosphoric ester groups is 1. The maximum Gasteiger partial charge on any atom is 0.469 e. The molecule has 1 fully saturated rings. The molecule has 0 aliphatic heterocycles. The Morgan fingerprint density at radius 3 is 2.57 bits per heavy atom. The minimum Gasteiger partial charge on any atom is -0.390 e. The van der Waals surface area contributed by atoms with Crippen LogP contribution in [-0.4, -0.2) is 48.4 Å². The summed E-state index contributed by atoms with van der Waals surface area (Å²) in [5.74, 6) is -0.753. The van der Waals surface area contributed by atoms with E-state index in [0.717, 1.165) is 10.6 Å². The fourth-order valence-electron chi connectivity index (χ4n) is 2.42. The first kappa shape index (κ1) is 16.1. The maximum atomic E-state index is 11.7. The largest absolute Gasteiger partial charge is 0.469 e. The highest BCUT2D eigenvalue weighted by molar-refractivity contribution is 7.46. The molecule has 1 aromatic heterocycles. The van der Waals surface area contributed by atoms with Crippen molar-refractivity contribution in [3.63, 3.8) is 0 Å². The van der Waals surface area contributed by atoms with Gasteiger partial charge in [0, 0.05) is 18.2 Å². The van der Waals surface area contributed by atoms with E-state index in [1.54, 1.807) is 0 Å². The molecule has 1 aromatic rings. The quantitative estimate of drug-likeness (QED) is 0.395. The first-order valence-corrected chi connectivity index (χ1v) is 7.60. The van der Waals surface area contributed by atoms with Gasteiger partial charge in [-0.05, 0) is 6.42 Å². The molecule has 1 aliphatic carbocycles. The minimum atomic E-state index is -4.68. The second-order valence-electron chi connectivity index (χ2n) is 4.85. The summed E-state index contributed by atoms with van der Waals surface area (Å²) >= 11 is 0. The number of hydrogen-bond acceptors (Lipinski definition) is 6. The normalized spacial score (nSPS) is 29.7. The number of rotatable bonds is 4. The summed E-state index contributed by atoms with van der Waals surface area (Å²) in [6, 6.07) is 0.273. The number of aliphatic hydroxyl groups is 2. The molecule has 2 rings (SSSR count). The SMILES string of the molecule is O=c1ccn(C2C[C@H](COP(=O)(O)O)[C@@H](O)[C@H]2O)c(=O)[nH]1. The molecular formula is C10H15N2O8P. The van der Waals surface area contributed by atoms with Gasteiger partial charge in [0.05, 0.1) is 18.8 Å². The molecule has 0 radical (unpaired) electrons. The zero-order chi connectivity index (χ0) is 15.8. The van der Waals surface area contributed by atoms with E-state index >= 15 is 0 Å². The first-order valence-electron chi connectivity index (χ1n) is 6.07. The summed E-state index contributed by atoms with van der Waals surface area (Å²) in [7, 11) is -4.68. The molecule has 118 valence electrons. The molecule has 10 nitrogen and oxygen atoms in total. The second-order valence-corrected chi connectivity index (χ2v) is 6.09. The van der Waals surface area contributed by atoms with Gasteiger partial charge in [0.25, 0.3) is 5.56 Å². The van der Waals surface area contributed by atoms with E-state index in [-0.39, 0.29) is 6.42 Å². The molecule has 0 saturated heterocycles. The molecule has 5 N–H and O–H groups in total. The molecule has 21 heavy (non-hydrogen) atoms. The number of phosphoric acid groups is 1. The van der Waals surface area contributed by atoms with Gasteiger partial charge in [-0.1, -0.05) is 0 Å². The lowest BCUT2D eigenvalue weighted by molar-refractivity contribution is -0.00459. The summed E-state index contributed by atoms with van der Waals surface area (Å²) in [5, 5.41) is 19.8. The van der Waals surface area contributed by atoms with Gasteiger partial charge in [-0.15, -0.1) is 0 Å². The summed E-state index contributed by atoms with van der Waals surface area (Å²) in [6.07, 6.45) is -1.37. The monoisotopic (exact) mass is 322 g/mol. The van der Waals surface area contributed by atoms with Crippen LogP contribution in [0.2, 0.25) is 0 Å². The molecule has 4 atom stereocenters. The summed E-state index contributed by atoms with van der Waals surface area (Å²) in [5.41, 5.74) is -1.33. The van der Waals surface area contributed by atoms with Crippen molar-refractivity contribution in [1.82, 2.24) is 9.55 Å². The third-order valence-electron chi connectivity index (χ3n) is 3.44. The number of aliphatic hydroxyl groups excluding tert-OH is 2. The van der Waals surface area contributed by atoms with Crippen LogP contribution in [0.15, 0.2) is 21.9 Å². The highest BCUT2D eigenvalue weighted by Gasteiger charge is 2.43. The Kier molecular flexibility index (Phi) is 4.47. The smallest absolute Gasteiger partial charge is 0.390 e. The zero-order valence-corrected chi connectivity index (χ0v) is 11.6. The van der Waals surface area contributed by atoms with Crippen molar-refractivity contribution in [2.45, 2.75) is 24.7 Å². The molecule has 0 bridgehead atoms. The third-order valence-corrected chi connectivity index (χ3v) is 3.92. The molecule has 1 aliphatic rings. The standard InChI is InChI=1S/C10H15N2O8P/c13-7-1-2-12(10(16)11-7)6-3-5(8(14)9(6)15)4-20-21(17,18)19/h1-2,5-6,8-9,14-15H,3-4H2,(H,11,13,16)(H2,17,18,19)/t5-,6?,8-,9+/m1/s1. The predicted octanol–water partition coefficient (Wildman–Crippen LogP) is -2.07. The molecule has 0 spiro atoms. The Labute approximate surface area is 117 Å². The number of hydrogen-bond donors (Lipinski definition) is 5. The van der Waals surface area contributed by atoms with Gasteiger partial charge in [-0.2, -0.15) is 0 Å². The van der Waals surface area contributed by atoms with Crippen molar-refractivity contribution in [2.75, 3.05) is 6.61 Å². The van der Waals surface area contributed by atoms with Crippen molar-refractivity contribution in [1.29, 1.82) is 0 Å². The van der Waals surface area contributed by atoms with Gasteiger partial charge < -0.3 is 20.0 Å². The lowest BCUT2D eigenvalue weighted by Gasteiger charge is -2.18. The molecule has 1 saturated carbocycles. The number of H-pyrrole nitrogens is 1. The average molecular weight is 322 g/mol. The van der Waals surface area contributed by atoms with Crippen LogP contribution >= 0.6 is 7.82 Å². The van der Waals surface area contributed by atoms with E-state index in [2.05, 4.69) is 4.52 Å². The van der Waals surface area contributed by atoms with E-state index < -0.39 is 49.8 Å². The number of aromatic amines is 1. The van der Waals surface area contributed by atoms with E-state index in [1.807, 2.05) is 4.98 Å². The lowest BCUT2D eigenvalue weighted by atomic mass is 10.1. The van der Waals surface area contributed by atoms with Crippen LogP contribution in [-0.2, 0) is 9.09 Å². The zero-order valence-electron chi connectivity index (χ0n) is 10.7. The van der Waals surface area contributed by atoms with Crippen molar-refractivity contribution in [3.8, 4) is 0 Å². The van der Waals surface area contributed by atoms with Crippen LogP contribution in [0.3, 0.4) is 0 Å². The Bertz CT molecular complexity index is 664. The van der Waals surface area contributed by atoms with Gasteiger partial charge in [-0.3, -0.25) is 18.9 Å². The van der Waals surface area contributed by atoms with Crippen LogP contribution in [0.4, 0.5) is 0 Å². The van der Waals surface area contributed by atoms with Gasteiger partial charge in [0.1, 0.15) is 6.10 Å². The fourth-order valence-corrected chi connectivity index (χ4v) is 2.81. The van der Waals surface area contributed by atoms with E-state index in [4.69, 9.17) is 9.79 Å². The Morgan fingerprint density at radius 1 is 1.33 bits per heavy atom. The first-order chi connectivity index (χ1) is 9.69. The molecule has 0 amide bonds. The van der Waals surface area contributed by atoms with Crippen molar-refractivity contribution in [2.24, 2.45) is 5.92 Å². The third kappa shape index (κ3) is 3.67. The number of aromatic nitrogens is 2. The van der Waals surface area contributed by atoms with Gasteiger partial charge in [0.15, 0.2) is 0 Å². The topological polar surface area (TPSA) is 162 Å². The summed E-state index contributed by atoms with van der Waals surface area (Å²) in [4.78, 5) is 42.0. The molecule has 1 unspecified atom stereocenters. The van der Waals surface area contributed by atoms with Gasteiger partial charge in [-0.25, -0.2) is 9.36 Å². The average Bonchev–Trinajstić information content (AvgIpc) is 2.64. The van der Waals surface area contributed by atoms with Crippen molar-refractivity contribution in [3.05, 3.63) is 33.1 Å². The van der Waals surface area contributed by atoms with Crippen LogP contribution in [0.1, 0.15) is 12.5 Å². The maximum absolute atomic E-state index is 11.7. The van der Waals surface area contributed by atoms with Crippen molar-refractivity contribution < 1.29 is 29.1 Å². The Balaban J connectivity index is 2.18. The Hall–Kier alpha value is -1.29. The van der Waals surface area contributed by atoms with Crippen LogP contribution in [0, 0.1) is 5.92 Å². The van der Waals surface area contributed by atoms with Gasteiger partial charge >= 0.3 is 13.5 Å². The lowest BCUT2D eigenvalue weighted by Crippen LogP contribution is -2.37. The molecular weight excluding hydrogens is 307 g/mol.